The summed E-state index contributed by atoms with van der Waals surface area (Å²) in [6, 6.07) is 9.36. The molecule has 0 unspecified atom stereocenters. The predicted molar refractivity (Wildman–Crippen MR) is 149 cm³/mol. The van der Waals surface area contributed by atoms with Crippen LogP contribution in [0, 0.1) is 17.5 Å². The number of benzene rings is 3. The molecule has 4 aromatic rings. The summed E-state index contributed by atoms with van der Waals surface area (Å²) in [5.41, 5.74) is 0.860. The van der Waals surface area contributed by atoms with Gasteiger partial charge < -0.3 is 15.0 Å². The van der Waals surface area contributed by atoms with Crippen LogP contribution in [0.4, 0.5) is 30.2 Å². The molecule has 41 heavy (non-hydrogen) atoms. The summed E-state index contributed by atoms with van der Waals surface area (Å²) < 4.78 is 75.9. The summed E-state index contributed by atoms with van der Waals surface area (Å²) in [4.78, 5) is 21.9. The molecular weight excluding hydrogens is 633 g/mol. The molecule has 0 fully saturated rings. The van der Waals surface area contributed by atoms with Crippen molar-refractivity contribution >= 4 is 60.1 Å². The van der Waals surface area contributed by atoms with Gasteiger partial charge in [0.2, 0.25) is 0 Å². The Labute approximate surface area is 241 Å². The zero-order valence-corrected chi connectivity index (χ0v) is 23.7. The molecule has 218 valence electrons. The van der Waals surface area contributed by atoms with E-state index in [1.54, 1.807) is 6.92 Å². The number of rotatable bonds is 12. The van der Waals surface area contributed by atoms with Crippen molar-refractivity contribution in [2.45, 2.75) is 13.5 Å². The number of aromatic nitrogens is 2. The minimum Gasteiger partial charge on any atom is -0.394 e. The van der Waals surface area contributed by atoms with Gasteiger partial charge in [0.05, 0.1) is 54.2 Å². The number of anilines is 3. The maximum atomic E-state index is 15.8. The van der Waals surface area contributed by atoms with Crippen LogP contribution in [0.1, 0.15) is 22.8 Å². The van der Waals surface area contributed by atoms with Crippen molar-refractivity contribution in [3.8, 4) is 0 Å². The Hall–Kier alpha value is -3.70. The highest BCUT2D eigenvalue weighted by Crippen LogP contribution is 2.33. The zero-order valence-electron chi connectivity index (χ0n) is 21.3. The van der Waals surface area contributed by atoms with Crippen molar-refractivity contribution in [3.63, 3.8) is 0 Å². The molecule has 16 heteroatoms. The van der Waals surface area contributed by atoms with E-state index in [1.165, 1.54) is 47.3 Å². The fourth-order valence-electron chi connectivity index (χ4n) is 3.86. The average molecular weight is 657 g/mol. The summed E-state index contributed by atoms with van der Waals surface area (Å²) in [7, 11) is -4.00. The van der Waals surface area contributed by atoms with Crippen molar-refractivity contribution in [2.75, 3.05) is 29.8 Å². The number of carbonyl (C=O) groups excluding carboxylic acids is 1. The number of imidazole rings is 1. The molecule has 3 aromatic carbocycles. The standard InChI is InChI=1S/C25H24BrF3N6O5S/c1-2-31-41(38,39)34-19-5-3-4-14(21(19)28)12-35-13-30-24-20(35)11-16(25(37)33-40-9-8-36)23(22(24)29)32-18-7-6-15(26)10-17(18)27/h3-7,10-11,13,31-32,34,36H,2,8-9,12H2,1H3,(H,33,37). The molecule has 0 saturated heterocycles. The molecule has 0 aliphatic carbocycles. The Morgan fingerprint density at radius 1 is 1.12 bits per heavy atom. The summed E-state index contributed by atoms with van der Waals surface area (Å²) >= 11 is 3.14. The number of nitrogens with zero attached hydrogens (tertiary/aromatic N) is 2. The number of carbonyl (C=O) groups is 1. The second-order valence-electron chi connectivity index (χ2n) is 8.49. The minimum absolute atomic E-state index is 0.0397. The zero-order chi connectivity index (χ0) is 29.7. The van der Waals surface area contributed by atoms with E-state index >= 15 is 8.78 Å². The quantitative estimate of drug-likeness (QED) is 0.115. The van der Waals surface area contributed by atoms with E-state index in [1.807, 2.05) is 0 Å². The van der Waals surface area contributed by atoms with E-state index < -0.39 is 45.9 Å². The molecule has 5 N–H and O–H groups in total. The first-order chi connectivity index (χ1) is 19.5. The van der Waals surface area contributed by atoms with Gasteiger partial charge in [0.1, 0.15) is 11.3 Å². The van der Waals surface area contributed by atoms with Crippen LogP contribution in [-0.2, 0) is 21.6 Å². The predicted octanol–water partition coefficient (Wildman–Crippen LogP) is 3.93. The lowest BCUT2D eigenvalue weighted by Gasteiger charge is -2.16. The first-order valence-corrected chi connectivity index (χ1v) is 14.3. The van der Waals surface area contributed by atoms with Crippen LogP contribution in [0.2, 0.25) is 0 Å². The lowest BCUT2D eigenvalue weighted by atomic mass is 10.1. The van der Waals surface area contributed by atoms with E-state index in [0.29, 0.717) is 4.47 Å². The SMILES string of the molecule is CCNS(=O)(=O)Nc1cccc(Cn2cnc3c(F)c(Nc4ccc(Br)cc4F)c(C(=O)NOCCO)cc32)c1F. The molecule has 1 heterocycles. The van der Waals surface area contributed by atoms with E-state index in [4.69, 9.17) is 9.94 Å². The Balaban J connectivity index is 1.76. The second kappa shape index (κ2) is 12.9. The van der Waals surface area contributed by atoms with Gasteiger partial charge in [0, 0.05) is 16.6 Å². The van der Waals surface area contributed by atoms with Crippen LogP contribution < -0.4 is 20.2 Å². The van der Waals surface area contributed by atoms with Crippen LogP contribution >= 0.6 is 15.9 Å². The van der Waals surface area contributed by atoms with Gasteiger partial charge in [-0.05, 0) is 30.3 Å². The fourth-order valence-corrected chi connectivity index (χ4v) is 5.10. The third-order valence-corrected chi connectivity index (χ3v) is 7.30. The molecule has 4 rings (SSSR count). The molecule has 0 bridgehead atoms. The van der Waals surface area contributed by atoms with Crippen LogP contribution in [0.15, 0.2) is 53.3 Å². The van der Waals surface area contributed by atoms with E-state index in [-0.39, 0.29) is 53.2 Å². The number of aliphatic hydroxyl groups excluding tert-OH is 1. The Bertz CT molecular complexity index is 1700. The van der Waals surface area contributed by atoms with Crippen molar-refractivity contribution in [2.24, 2.45) is 0 Å². The van der Waals surface area contributed by atoms with Crippen molar-refractivity contribution in [3.05, 3.63) is 81.8 Å². The van der Waals surface area contributed by atoms with Gasteiger partial charge in [0.25, 0.3) is 16.1 Å². The number of amides is 1. The van der Waals surface area contributed by atoms with E-state index in [2.05, 4.69) is 41.2 Å². The number of aliphatic hydroxyl groups is 1. The number of hydrogen-bond acceptors (Lipinski definition) is 7. The Morgan fingerprint density at radius 2 is 1.90 bits per heavy atom. The normalized spacial score (nSPS) is 11.6. The van der Waals surface area contributed by atoms with Gasteiger partial charge in [0.15, 0.2) is 11.6 Å². The van der Waals surface area contributed by atoms with Gasteiger partial charge in [-0.2, -0.15) is 13.1 Å². The Morgan fingerprint density at radius 3 is 2.61 bits per heavy atom. The molecule has 1 aromatic heterocycles. The van der Waals surface area contributed by atoms with Gasteiger partial charge in [-0.25, -0.2) is 23.6 Å². The number of hydroxylamine groups is 1. The van der Waals surface area contributed by atoms with Crippen LogP contribution in [0.5, 0.6) is 0 Å². The number of fused-ring (bicyclic) bond motifs is 1. The maximum absolute atomic E-state index is 15.8. The molecule has 0 radical (unpaired) electrons. The van der Waals surface area contributed by atoms with Gasteiger partial charge >= 0.3 is 0 Å². The Kier molecular flexibility index (Phi) is 9.49. The summed E-state index contributed by atoms with van der Waals surface area (Å²) in [5, 5.41) is 11.5. The molecule has 0 aliphatic heterocycles. The molecule has 11 nitrogen and oxygen atoms in total. The van der Waals surface area contributed by atoms with E-state index in [9.17, 15) is 17.6 Å². The summed E-state index contributed by atoms with van der Waals surface area (Å²) in [6.07, 6.45) is 1.22. The molecule has 0 spiro atoms. The van der Waals surface area contributed by atoms with Crippen molar-refractivity contribution < 1.29 is 36.3 Å². The molecule has 0 atom stereocenters. The third-order valence-electron chi connectivity index (χ3n) is 5.65. The molecular formula is C25H24BrF3N6O5S. The van der Waals surface area contributed by atoms with Gasteiger partial charge in [-0.1, -0.05) is 35.0 Å². The van der Waals surface area contributed by atoms with E-state index in [0.717, 1.165) is 6.07 Å². The average Bonchev–Trinajstić information content (AvgIpc) is 3.31. The summed E-state index contributed by atoms with van der Waals surface area (Å²) in [6.45, 7) is 0.805. The lowest BCUT2D eigenvalue weighted by Crippen LogP contribution is -2.30. The van der Waals surface area contributed by atoms with Gasteiger partial charge in [-0.15, -0.1) is 0 Å². The first-order valence-electron chi connectivity index (χ1n) is 12.0. The topological polar surface area (TPSA) is 147 Å². The molecule has 1 amide bonds. The maximum Gasteiger partial charge on any atom is 0.299 e. The monoisotopic (exact) mass is 656 g/mol. The van der Waals surface area contributed by atoms with Crippen LogP contribution in [0.3, 0.4) is 0 Å². The van der Waals surface area contributed by atoms with Crippen molar-refractivity contribution in [1.82, 2.24) is 19.8 Å². The smallest absolute Gasteiger partial charge is 0.299 e. The fraction of sp³-hybridized carbons (Fsp3) is 0.200. The van der Waals surface area contributed by atoms with Crippen LogP contribution in [-0.4, -0.2) is 48.7 Å². The second-order valence-corrected chi connectivity index (χ2v) is 10.9. The minimum atomic E-state index is -4.00. The largest absolute Gasteiger partial charge is 0.394 e. The highest BCUT2D eigenvalue weighted by atomic mass is 79.9. The third kappa shape index (κ3) is 6.97. The summed E-state index contributed by atoms with van der Waals surface area (Å²) in [5.74, 6) is -3.51. The number of halogens is 4. The number of hydrogen-bond donors (Lipinski definition) is 5. The lowest BCUT2D eigenvalue weighted by molar-refractivity contribution is 0.0169. The van der Waals surface area contributed by atoms with Crippen LogP contribution in [0.25, 0.3) is 11.0 Å². The molecule has 0 aliphatic rings. The van der Waals surface area contributed by atoms with Crippen molar-refractivity contribution in [1.29, 1.82) is 0 Å². The first kappa shape index (κ1) is 30.3. The number of nitrogens with one attached hydrogen (secondary N) is 4. The highest BCUT2D eigenvalue weighted by Gasteiger charge is 2.24. The van der Waals surface area contributed by atoms with Gasteiger partial charge in [-0.3, -0.25) is 14.4 Å². The highest BCUT2D eigenvalue weighted by molar-refractivity contribution is 9.10. The molecule has 0 saturated carbocycles.